The Morgan fingerprint density at radius 3 is 2.73 bits per heavy atom. The fourth-order valence-electron chi connectivity index (χ4n) is 3.37. The number of aromatic nitrogens is 4. The van der Waals surface area contributed by atoms with E-state index in [1.807, 2.05) is 26.0 Å². The van der Waals surface area contributed by atoms with E-state index in [1.165, 1.54) is 34.5 Å². The highest BCUT2D eigenvalue weighted by atomic mass is 32.1. The van der Waals surface area contributed by atoms with Gasteiger partial charge < -0.3 is 9.73 Å². The maximum absolute atomic E-state index is 13.3. The van der Waals surface area contributed by atoms with E-state index >= 15 is 0 Å². The molecule has 30 heavy (non-hydrogen) atoms. The van der Waals surface area contributed by atoms with Crippen LogP contribution >= 0.6 is 11.3 Å². The number of halogens is 1. The molecule has 0 saturated heterocycles. The highest BCUT2D eigenvalue weighted by Crippen LogP contribution is 2.31. The van der Waals surface area contributed by atoms with Gasteiger partial charge in [0.05, 0.1) is 11.8 Å². The molecule has 0 radical (unpaired) electrons. The van der Waals surface area contributed by atoms with Crippen LogP contribution in [0.15, 0.2) is 53.4 Å². The van der Waals surface area contributed by atoms with E-state index in [0.29, 0.717) is 23.5 Å². The first-order valence-electron chi connectivity index (χ1n) is 9.45. The summed E-state index contributed by atoms with van der Waals surface area (Å²) in [5.74, 6) is 0.210. The van der Waals surface area contributed by atoms with Crippen LogP contribution in [0.3, 0.4) is 0 Å². The molecule has 1 aromatic carbocycles. The summed E-state index contributed by atoms with van der Waals surface area (Å²) in [6.07, 6.45) is 3.69. The summed E-state index contributed by atoms with van der Waals surface area (Å²) < 4.78 is 20.4. The molecular formula is C21H20FN5O2S. The van der Waals surface area contributed by atoms with Gasteiger partial charge in [-0.15, -0.1) is 16.4 Å². The minimum atomic E-state index is -0.288. The van der Waals surface area contributed by atoms with Gasteiger partial charge in [0.15, 0.2) is 0 Å². The predicted octanol–water partition coefficient (Wildman–Crippen LogP) is 4.02. The Labute approximate surface area is 176 Å². The first kappa shape index (κ1) is 20.0. The second-order valence-corrected chi connectivity index (χ2v) is 8.09. The van der Waals surface area contributed by atoms with Gasteiger partial charge in [-0.2, -0.15) is 4.68 Å². The van der Waals surface area contributed by atoms with Crippen molar-refractivity contribution in [2.75, 3.05) is 6.54 Å². The summed E-state index contributed by atoms with van der Waals surface area (Å²) in [7, 11) is 0. The normalized spacial score (nSPS) is 12.1. The molecule has 1 N–H and O–H groups in total. The molecule has 4 aromatic rings. The summed E-state index contributed by atoms with van der Waals surface area (Å²) in [6, 6.07) is 10.1. The second kappa shape index (κ2) is 8.58. The van der Waals surface area contributed by atoms with Crippen molar-refractivity contribution in [3.63, 3.8) is 0 Å². The first-order valence-corrected chi connectivity index (χ1v) is 10.3. The van der Waals surface area contributed by atoms with Gasteiger partial charge in [-0.05, 0) is 66.1 Å². The number of rotatable bonds is 7. The molecule has 0 aliphatic heterocycles. The number of carbonyl (C=O) groups is 1. The molecule has 154 valence electrons. The molecule has 0 spiro atoms. The van der Waals surface area contributed by atoms with Crippen LogP contribution in [-0.4, -0.2) is 32.7 Å². The molecule has 9 heteroatoms. The number of nitrogens with one attached hydrogen (secondary N) is 1. The Morgan fingerprint density at radius 1 is 1.27 bits per heavy atom. The summed E-state index contributed by atoms with van der Waals surface area (Å²) in [6.45, 7) is 4.30. The monoisotopic (exact) mass is 425 g/mol. The molecule has 3 aromatic heterocycles. The molecule has 1 atom stereocenters. The van der Waals surface area contributed by atoms with Gasteiger partial charge in [0.2, 0.25) is 0 Å². The smallest absolute Gasteiger partial charge is 0.254 e. The number of thiophene rings is 1. The van der Waals surface area contributed by atoms with Crippen molar-refractivity contribution < 1.29 is 13.6 Å². The Morgan fingerprint density at radius 2 is 2.07 bits per heavy atom. The largest absolute Gasteiger partial charge is 0.469 e. The molecule has 3 heterocycles. The van der Waals surface area contributed by atoms with Crippen molar-refractivity contribution in [3.05, 3.63) is 82.1 Å². The van der Waals surface area contributed by atoms with Gasteiger partial charge in [0.1, 0.15) is 22.9 Å². The highest BCUT2D eigenvalue weighted by Gasteiger charge is 2.22. The van der Waals surface area contributed by atoms with Gasteiger partial charge in [0, 0.05) is 17.3 Å². The SMILES string of the molecule is Cc1sc(-n2cnnn2)c(C(=O)NCCC(c2ccc(F)cc2)c2ccco2)c1C. The number of furan rings is 1. The van der Waals surface area contributed by atoms with Gasteiger partial charge in [-0.25, -0.2) is 4.39 Å². The third kappa shape index (κ3) is 4.02. The van der Waals surface area contributed by atoms with Crippen LogP contribution in [-0.2, 0) is 0 Å². The predicted molar refractivity (Wildman–Crippen MR) is 110 cm³/mol. The number of benzene rings is 1. The minimum absolute atomic E-state index is 0.0924. The van der Waals surface area contributed by atoms with E-state index in [4.69, 9.17) is 4.42 Å². The third-order valence-electron chi connectivity index (χ3n) is 5.03. The van der Waals surface area contributed by atoms with E-state index in [-0.39, 0.29) is 17.6 Å². The molecule has 0 fully saturated rings. The van der Waals surface area contributed by atoms with Crippen molar-refractivity contribution in [1.82, 2.24) is 25.5 Å². The van der Waals surface area contributed by atoms with E-state index in [0.717, 1.165) is 21.8 Å². The summed E-state index contributed by atoms with van der Waals surface area (Å²) >= 11 is 1.47. The lowest BCUT2D eigenvalue weighted by Crippen LogP contribution is -2.27. The summed E-state index contributed by atoms with van der Waals surface area (Å²) in [4.78, 5) is 14.0. The van der Waals surface area contributed by atoms with Gasteiger partial charge in [0.25, 0.3) is 5.91 Å². The van der Waals surface area contributed by atoms with Crippen molar-refractivity contribution in [1.29, 1.82) is 0 Å². The van der Waals surface area contributed by atoms with Crippen molar-refractivity contribution >= 4 is 17.2 Å². The van der Waals surface area contributed by atoms with Crippen LogP contribution in [0.5, 0.6) is 0 Å². The molecular weight excluding hydrogens is 405 g/mol. The molecule has 4 rings (SSSR count). The second-order valence-electron chi connectivity index (χ2n) is 6.88. The van der Waals surface area contributed by atoms with Crippen molar-refractivity contribution in [2.24, 2.45) is 0 Å². The zero-order valence-corrected chi connectivity index (χ0v) is 17.3. The molecule has 1 unspecified atom stereocenters. The van der Waals surface area contributed by atoms with E-state index in [9.17, 15) is 9.18 Å². The minimum Gasteiger partial charge on any atom is -0.469 e. The molecule has 7 nitrogen and oxygen atoms in total. The fourth-order valence-corrected chi connectivity index (χ4v) is 4.44. The zero-order valence-electron chi connectivity index (χ0n) is 16.5. The fraction of sp³-hybridized carbons (Fsp3) is 0.238. The Kier molecular flexibility index (Phi) is 5.71. The van der Waals surface area contributed by atoms with Gasteiger partial charge in [-0.1, -0.05) is 12.1 Å². The number of hydrogen-bond acceptors (Lipinski definition) is 6. The number of aryl methyl sites for hydroxylation is 1. The van der Waals surface area contributed by atoms with Crippen LogP contribution in [0.1, 0.15) is 44.5 Å². The van der Waals surface area contributed by atoms with E-state index in [2.05, 4.69) is 20.8 Å². The quantitative estimate of drug-likeness (QED) is 0.483. The van der Waals surface area contributed by atoms with Crippen LogP contribution in [0.4, 0.5) is 4.39 Å². The molecule has 0 bridgehead atoms. The average Bonchev–Trinajstić information content (AvgIpc) is 3.49. The average molecular weight is 425 g/mol. The molecule has 0 aliphatic rings. The maximum Gasteiger partial charge on any atom is 0.254 e. The molecule has 0 saturated carbocycles. The van der Waals surface area contributed by atoms with Crippen LogP contribution in [0.25, 0.3) is 5.00 Å². The lowest BCUT2D eigenvalue weighted by Gasteiger charge is -2.16. The third-order valence-corrected chi connectivity index (χ3v) is 6.23. The van der Waals surface area contributed by atoms with Gasteiger partial charge in [-0.3, -0.25) is 4.79 Å². The summed E-state index contributed by atoms with van der Waals surface area (Å²) in [5.41, 5.74) is 2.41. The topological polar surface area (TPSA) is 85.8 Å². The number of nitrogens with zero attached hydrogens (tertiary/aromatic N) is 4. The number of amides is 1. The molecule has 1 amide bonds. The Hall–Kier alpha value is -3.33. The Balaban J connectivity index is 1.50. The number of hydrogen-bond donors (Lipinski definition) is 1. The lowest BCUT2D eigenvalue weighted by molar-refractivity contribution is 0.0952. The van der Waals surface area contributed by atoms with E-state index in [1.54, 1.807) is 18.4 Å². The number of tetrazole rings is 1. The lowest BCUT2D eigenvalue weighted by atomic mass is 9.93. The summed E-state index contributed by atoms with van der Waals surface area (Å²) in [5, 5.41) is 14.9. The van der Waals surface area contributed by atoms with Gasteiger partial charge >= 0.3 is 0 Å². The van der Waals surface area contributed by atoms with Crippen molar-refractivity contribution in [2.45, 2.75) is 26.2 Å². The Bertz CT molecular complexity index is 1120. The molecule has 0 aliphatic carbocycles. The standard InChI is InChI=1S/C21H20FN5O2S/c1-13-14(2)30-21(27-12-24-25-26-27)19(13)20(28)23-10-9-17(18-4-3-11-29-18)15-5-7-16(22)8-6-15/h3-8,11-12,17H,9-10H2,1-2H3,(H,23,28). The zero-order chi connectivity index (χ0) is 21.1. The van der Waals surface area contributed by atoms with Crippen molar-refractivity contribution in [3.8, 4) is 5.00 Å². The number of carbonyl (C=O) groups excluding carboxylic acids is 1. The maximum atomic E-state index is 13.3. The van der Waals surface area contributed by atoms with Crippen LogP contribution in [0, 0.1) is 19.7 Å². The first-order chi connectivity index (χ1) is 14.5. The highest BCUT2D eigenvalue weighted by molar-refractivity contribution is 7.15. The van der Waals surface area contributed by atoms with Crippen LogP contribution in [0.2, 0.25) is 0 Å². The van der Waals surface area contributed by atoms with Crippen LogP contribution < -0.4 is 5.32 Å². The van der Waals surface area contributed by atoms with E-state index < -0.39 is 0 Å².